The Morgan fingerprint density at radius 3 is 2.86 bits per heavy atom. The van der Waals surface area contributed by atoms with E-state index >= 15 is 0 Å². The first kappa shape index (κ1) is 23.3. The monoisotopic (exact) mass is 505 g/mol. The Kier molecular flexibility index (Phi) is 5.71. The minimum absolute atomic E-state index is 0.118. The number of thiophene rings is 1. The Morgan fingerprint density at radius 2 is 2.11 bits per heavy atom. The van der Waals surface area contributed by atoms with Gasteiger partial charge in [0.2, 0.25) is 0 Å². The van der Waals surface area contributed by atoms with Gasteiger partial charge in [0.05, 0.1) is 25.5 Å². The third-order valence-corrected chi connectivity index (χ3v) is 9.86. The average Bonchev–Trinajstić information content (AvgIpc) is 3.59. The molecule has 36 heavy (non-hydrogen) atoms. The van der Waals surface area contributed by atoms with Gasteiger partial charge >= 0.3 is 5.97 Å². The first-order valence-corrected chi connectivity index (χ1v) is 13.6. The number of fused-ring (bicyclic) bond motifs is 7. The smallest absolute Gasteiger partial charge is 0.341 e. The molecule has 3 aliphatic carbocycles. The summed E-state index contributed by atoms with van der Waals surface area (Å²) in [6.45, 7) is 4.44. The molecule has 6 rings (SSSR count). The molecule has 1 aromatic carbocycles. The number of aryl methyl sites for hydroxylation is 1. The van der Waals surface area contributed by atoms with Crippen LogP contribution >= 0.6 is 11.3 Å². The number of hydrogen-bond acceptors (Lipinski definition) is 6. The first-order chi connectivity index (χ1) is 17.4. The molecule has 1 amide bonds. The van der Waals surface area contributed by atoms with E-state index in [4.69, 9.17) is 13.9 Å². The molecule has 0 bridgehead atoms. The van der Waals surface area contributed by atoms with Crippen LogP contribution in [-0.2, 0) is 23.0 Å². The van der Waals surface area contributed by atoms with E-state index < -0.39 is 0 Å². The fourth-order valence-corrected chi connectivity index (χ4v) is 8.55. The number of ether oxygens (including phenoxy) is 2. The zero-order chi connectivity index (χ0) is 25.0. The van der Waals surface area contributed by atoms with Crippen LogP contribution in [0, 0.1) is 11.8 Å². The number of methoxy groups -OCH3 is 1. The third-order valence-electron chi connectivity index (χ3n) is 8.73. The van der Waals surface area contributed by atoms with Crippen molar-refractivity contribution < 1.29 is 23.5 Å². The highest BCUT2D eigenvalue weighted by molar-refractivity contribution is 7.17. The van der Waals surface area contributed by atoms with E-state index in [-0.39, 0.29) is 23.1 Å². The molecule has 3 aliphatic rings. The van der Waals surface area contributed by atoms with Crippen LogP contribution < -0.4 is 10.1 Å². The molecule has 0 aliphatic heterocycles. The second kappa shape index (κ2) is 8.80. The van der Waals surface area contributed by atoms with E-state index in [0.29, 0.717) is 34.9 Å². The fraction of sp³-hybridized carbons (Fsp3) is 0.448. The predicted molar refractivity (Wildman–Crippen MR) is 138 cm³/mol. The van der Waals surface area contributed by atoms with Crippen LogP contribution in [0.5, 0.6) is 5.75 Å². The van der Waals surface area contributed by atoms with Crippen LogP contribution in [0.25, 0.3) is 0 Å². The number of furan rings is 1. The Morgan fingerprint density at radius 1 is 1.25 bits per heavy atom. The number of esters is 1. The highest BCUT2D eigenvalue weighted by atomic mass is 32.1. The van der Waals surface area contributed by atoms with E-state index in [0.717, 1.165) is 43.4 Å². The van der Waals surface area contributed by atoms with Gasteiger partial charge in [0.1, 0.15) is 10.8 Å². The number of anilines is 1. The summed E-state index contributed by atoms with van der Waals surface area (Å²) in [5.41, 5.74) is 4.42. The molecule has 2 heterocycles. The van der Waals surface area contributed by atoms with E-state index in [1.165, 1.54) is 33.6 Å². The summed E-state index contributed by atoms with van der Waals surface area (Å²) in [6, 6.07) is 9.86. The minimum Gasteiger partial charge on any atom is -0.497 e. The molecule has 1 N–H and O–H groups in total. The molecule has 1 saturated carbocycles. The number of hydrogen-bond donors (Lipinski definition) is 1. The predicted octanol–water partition coefficient (Wildman–Crippen LogP) is 6.35. The zero-order valence-electron chi connectivity index (χ0n) is 20.9. The summed E-state index contributed by atoms with van der Waals surface area (Å²) >= 11 is 1.53. The molecule has 0 radical (unpaired) electrons. The molecule has 3 aromatic rings. The largest absolute Gasteiger partial charge is 0.497 e. The molecule has 188 valence electrons. The maximum absolute atomic E-state index is 13.3. The maximum atomic E-state index is 13.3. The van der Waals surface area contributed by atoms with Gasteiger partial charge in [-0.1, -0.05) is 13.0 Å². The second-order valence-corrected chi connectivity index (χ2v) is 11.5. The van der Waals surface area contributed by atoms with Crippen LogP contribution in [0.2, 0.25) is 0 Å². The summed E-state index contributed by atoms with van der Waals surface area (Å²) in [4.78, 5) is 27.3. The van der Waals surface area contributed by atoms with Crippen molar-refractivity contribution in [2.45, 2.75) is 57.3 Å². The lowest BCUT2D eigenvalue weighted by molar-refractivity contribution is 0.0519. The minimum atomic E-state index is -0.352. The van der Waals surface area contributed by atoms with Crippen molar-refractivity contribution >= 4 is 28.2 Å². The first-order valence-electron chi connectivity index (χ1n) is 12.8. The summed E-state index contributed by atoms with van der Waals surface area (Å²) in [5, 5.41) is 3.52. The van der Waals surface area contributed by atoms with Crippen molar-refractivity contribution in [1.82, 2.24) is 0 Å². The van der Waals surface area contributed by atoms with Crippen molar-refractivity contribution in [3.63, 3.8) is 0 Å². The standard InChI is InChI=1S/C29H31NO5S/c1-4-34-28(32)24-25-23(36-27(24)30-26(31)22-6-5-13-35-22)15-21-20-9-7-16-14-17(33-3)8-10-18(16)19(20)11-12-29(21,25)2/h5-6,8,10,13-14,19-21H,4,7,9,11-12,15H2,1-3H3,(H,30,31). The summed E-state index contributed by atoms with van der Waals surface area (Å²) < 4.78 is 16.2. The van der Waals surface area contributed by atoms with Gasteiger partial charge in [-0.05, 0) is 103 Å². The lowest BCUT2D eigenvalue weighted by atomic mass is 9.54. The lowest BCUT2D eigenvalue weighted by Gasteiger charge is -2.49. The highest BCUT2D eigenvalue weighted by Gasteiger charge is 2.55. The van der Waals surface area contributed by atoms with Crippen molar-refractivity contribution in [3.05, 3.63) is 69.5 Å². The number of amides is 1. The molecular weight excluding hydrogens is 474 g/mol. The van der Waals surface area contributed by atoms with Crippen molar-refractivity contribution in [1.29, 1.82) is 0 Å². The van der Waals surface area contributed by atoms with E-state index in [2.05, 4.69) is 30.4 Å². The summed E-state index contributed by atoms with van der Waals surface area (Å²) in [5.74, 6) is 2.02. The van der Waals surface area contributed by atoms with Gasteiger partial charge in [-0.3, -0.25) is 4.79 Å². The SMILES string of the molecule is CCOC(=O)c1c(NC(=O)c2ccco2)sc2c1C1(C)CCC3c4ccc(OC)cc4CCC3C1C2. The fourth-order valence-electron chi connectivity index (χ4n) is 7.18. The van der Waals surface area contributed by atoms with E-state index in [9.17, 15) is 9.59 Å². The quantitative estimate of drug-likeness (QED) is 0.409. The molecule has 0 saturated heterocycles. The molecule has 1 fully saturated rings. The molecule has 4 atom stereocenters. The number of carbonyl (C=O) groups is 2. The van der Waals surface area contributed by atoms with Gasteiger partial charge in [-0.15, -0.1) is 11.3 Å². The zero-order valence-corrected chi connectivity index (χ0v) is 21.7. The van der Waals surface area contributed by atoms with Gasteiger partial charge in [-0.2, -0.15) is 0 Å². The van der Waals surface area contributed by atoms with Gasteiger partial charge in [0.15, 0.2) is 5.76 Å². The average molecular weight is 506 g/mol. The second-order valence-electron chi connectivity index (χ2n) is 10.4. The molecule has 7 heteroatoms. The molecule has 0 spiro atoms. The normalized spacial score (nSPS) is 25.8. The number of rotatable bonds is 5. The van der Waals surface area contributed by atoms with Crippen molar-refractivity contribution in [2.75, 3.05) is 19.0 Å². The number of carbonyl (C=O) groups excluding carboxylic acids is 2. The van der Waals surface area contributed by atoms with Crippen LogP contribution in [0.1, 0.15) is 81.5 Å². The maximum Gasteiger partial charge on any atom is 0.341 e. The Labute approximate surface area is 215 Å². The molecular formula is C29H31NO5S. The van der Waals surface area contributed by atoms with Crippen molar-refractivity contribution in [3.8, 4) is 5.75 Å². The number of benzene rings is 1. The Balaban J connectivity index is 1.36. The topological polar surface area (TPSA) is 77.8 Å². The van der Waals surface area contributed by atoms with Crippen LogP contribution in [0.3, 0.4) is 0 Å². The summed E-state index contributed by atoms with van der Waals surface area (Å²) in [7, 11) is 1.72. The van der Waals surface area contributed by atoms with E-state index in [1.807, 2.05) is 6.92 Å². The van der Waals surface area contributed by atoms with E-state index in [1.54, 1.807) is 19.2 Å². The van der Waals surface area contributed by atoms with Crippen LogP contribution in [0.15, 0.2) is 41.0 Å². The molecule has 2 aromatic heterocycles. The van der Waals surface area contributed by atoms with Crippen LogP contribution in [0.4, 0.5) is 5.00 Å². The van der Waals surface area contributed by atoms with Gasteiger partial charge in [0, 0.05) is 4.88 Å². The Hall–Kier alpha value is -3.06. The highest BCUT2D eigenvalue weighted by Crippen LogP contribution is 2.63. The van der Waals surface area contributed by atoms with Gasteiger partial charge < -0.3 is 19.2 Å². The molecule has 4 unspecified atom stereocenters. The van der Waals surface area contributed by atoms with Crippen LogP contribution in [-0.4, -0.2) is 25.6 Å². The van der Waals surface area contributed by atoms with Crippen molar-refractivity contribution in [2.24, 2.45) is 11.8 Å². The Bertz CT molecular complexity index is 1330. The number of nitrogens with one attached hydrogen (secondary N) is 1. The van der Waals surface area contributed by atoms with Gasteiger partial charge in [0.25, 0.3) is 5.91 Å². The molecule has 6 nitrogen and oxygen atoms in total. The summed E-state index contributed by atoms with van der Waals surface area (Å²) in [6.07, 6.45) is 6.71. The van der Waals surface area contributed by atoms with Gasteiger partial charge in [-0.25, -0.2) is 4.79 Å². The lowest BCUT2D eigenvalue weighted by Crippen LogP contribution is -2.43. The third kappa shape index (κ3) is 3.51.